The Bertz CT molecular complexity index is 212. The number of rotatable bonds is 2. The number of esters is 1. The van der Waals surface area contributed by atoms with Crippen LogP contribution in [0.2, 0.25) is 0 Å². The van der Waals surface area contributed by atoms with E-state index in [0.717, 1.165) is 0 Å². The van der Waals surface area contributed by atoms with Crippen LogP contribution in [0.5, 0.6) is 0 Å². The predicted molar refractivity (Wildman–Crippen MR) is 43.4 cm³/mol. The van der Waals surface area contributed by atoms with Crippen LogP contribution in [0.25, 0.3) is 0 Å². The van der Waals surface area contributed by atoms with Gasteiger partial charge in [0.05, 0.1) is 13.2 Å². The average Bonchev–Trinajstić information content (AvgIpc) is 2.27. The summed E-state index contributed by atoms with van der Waals surface area (Å²) >= 11 is 4.06. The lowest BCUT2D eigenvalue weighted by atomic mass is 10.1. The van der Waals surface area contributed by atoms with Crippen molar-refractivity contribution in [1.82, 2.24) is 0 Å². The molecule has 1 heterocycles. The minimum Gasteiger partial charge on any atom is -0.497 e. The maximum absolute atomic E-state index is 10.8. The number of carbonyl (C=O) groups is 1. The first kappa shape index (κ1) is 8.46. The van der Waals surface area contributed by atoms with E-state index >= 15 is 0 Å². The first-order valence-electron chi connectivity index (χ1n) is 3.22. The van der Waals surface area contributed by atoms with Crippen molar-refractivity contribution >= 4 is 18.6 Å². The van der Waals surface area contributed by atoms with Gasteiger partial charge in [0.2, 0.25) is 0 Å². The van der Waals surface area contributed by atoms with Crippen molar-refractivity contribution in [3.8, 4) is 0 Å². The molecule has 0 fully saturated rings. The maximum atomic E-state index is 10.8. The molecule has 0 spiro atoms. The molecule has 0 aliphatic carbocycles. The Kier molecular flexibility index (Phi) is 2.13. The quantitative estimate of drug-likeness (QED) is 0.496. The molecule has 1 aliphatic rings. The first-order chi connectivity index (χ1) is 5.12. The zero-order valence-electron chi connectivity index (χ0n) is 6.46. The molecule has 0 saturated carbocycles. The molecular formula is C7H10O3S. The highest BCUT2D eigenvalue weighted by atomic mass is 32.1. The fourth-order valence-corrected chi connectivity index (χ4v) is 1.17. The monoisotopic (exact) mass is 174 g/mol. The average molecular weight is 174 g/mol. The molecule has 1 unspecified atom stereocenters. The third kappa shape index (κ3) is 1.35. The number of methoxy groups -OCH3 is 1. The van der Waals surface area contributed by atoms with Crippen LogP contribution >= 0.6 is 12.6 Å². The molecule has 0 saturated heterocycles. The molecule has 1 rings (SSSR count). The Labute approximate surface area is 70.8 Å². The van der Waals surface area contributed by atoms with Crippen molar-refractivity contribution in [2.45, 2.75) is 12.5 Å². The summed E-state index contributed by atoms with van der Waals surface area (Å²) in [6.07, 6.45) is 1.34. The fraction of sp³-hybridized carbons (Fsp3) is 0.571. The Morgan fingerprint density at radius 2 is 2.45 bits per heavy atom. The molecule has 0 aromatic rings. The van der Waals surface area contributed by atoms with E-state index in [4.69, 9.17) is 9.47 Å². The van der Waals surface area contributed by atoms with Gasteiger partial charge in [0.1, 0.15) is 5.76 Å². The van der Waals surface area contributed by atoms with Gasteiger partial charge < -0.3 is 9.47 Å². The summed E-state index contributed by atoms with van der Waals surface area (Å²) in [4.78, 5) is 10.8. The lowest BCUT2D eigenvalue weighted by Crippen LogP contribution is -2.30. The van der Waals surface area contributed by atoms with Crippen LogP contribution in [0, 0.1) is 0 Å². The third-order valence-corrected chi connectivity index (χ3v) is 2.22. The molecule has 11 heavy (non-hydrogen) atoms. The van der Waals surface area contributed by atoms with Crippen LogP contribution < -0.4 is 0 Å². The van der Waals surface area contributed by atoms with Crippen LogP contribution in [-0.2, 0) is 14.3 Å². The zero-order valence-corrected chi connectivity index (χ0v) is 7.35. The van der Waals surface area contributed by atoms with Gasteiger partial charge in [0.15, 0.2) is 5.60 Å². The van der Waals surface area contributed by atoms with Crippen molar-refractivity contribution in [1.29, 1.82) is 0 Å². The van der Waals surface area contributed by atoms with Gasteiger partial charge in [-0.2, -0.15) is 12.6 Å². The highest BCUT2D eigenvalue weighted by molar-refractivity contribution is 7.80. The summed E-state index contributed by atoms with van der Waals surface area (Å²) in [7, 11) is 1.51. The summed E-state index contributed by atoms with van der Waals surface area (Å²) in [6.45, 7) is 1.76. The molecule has 1 aliphatic heterocycles. The zero-order chi connectivity index (χ0) is 8.48. The van der Waals surface area contributed by atoms with E-state index in [-0.39, 0.29) is 5.97 Å². The van der Waals surface area contributed by atoms with Crippen molar-refractivity contribution in [3.05, 3.63) is 11.8 Å². The number of carbonyl (C=O) groups excluding carboxylic acids is 1. The van der Waals surface area contributed by atoms with Crippen molar-refractivity contribution in [2.75, 3.05) is 12.9 Å². The SMILES string of the molecule is COC1=CC(=O)OC1(C)CS. The van der Waals surface area contributed by atoms with Gasteiger partial charge in [0.25, 0.3) is 0 Å². The third-order valence-electron chi connectivity index (χ3n) is 1.62. The number of cyclic esters (lactones) is 1. The molecule has 1 atom stereocenters. The summed E-state index contributed by atoms with van der Waals surface area (Å²) in [5.41, 5.74) is -0.672. The molecule has 0 aromatic carbocycles. The minimum absolute atomic E-state index is 0.363. The fourth-order valence-electron chi connectivity index (χ4n) is 0.946. The van der Waals surface area contributed by atoms with Crippen molar-refractivity contribution < 1.29 is 14.3 Å². The van der Waals surface area contributed by atoms with E-state index in [1.54, 1.807) is 6.92 Å². The molecule has 0 radical (unpaired) electrons. The largest absolute Gasteiger partial charge is 0.497 e. The summed E-state index contributed by atoms with van der Waals surface area (Å²) < 4.78 is 9.92. The lowest BCUT2D eigenvalue weighted by molar-refractivity contribution is -0.144. The second kappa shape index (κ2) is 2.77. The normalized spacial score (nSPS) is 29.7. The predicted octanol–water partition coefficient (Wildman–Crippen LogP) is 0.762. The summed E-state index contributed by atoms with van der Waals surface area (Å²) in [6, 6.07) is 0. The molecule has 0 N–H and O–H groups in total. The van der Waals surface area contributed by atoms with Gasteiger partial charge in [-0.1, -0.05) is 0 Å². The van der Waals surface area contributed by atoms with Crippen molar-refractivity contribution in [2.24, 2.45) is 0 Å². The van der Waals surface area contributed by atoms with Crippen molar-refractivity contribution in [3.63, 3.8) is 0 Å². The highest BCUT2D eigenvalue weighted by Gasteiger charge is 2.38. The Morgan fingerprint density at radius 3 is 2.82 bits per heavy atom. The van der Waals surface area contributed by atoms with Gasteiger partial charge in [-0.15, -0.1) is 0 Å². The molecule has 0 amide bonds. The standard InChI is InChI=1S/C7H10O3S/c1-7(4-11)5(9-2)3-6(8)10-7/h3,11H,4H2,1-2H3. The summed E-state index contributed by atoms with van der Waals surface area (Å²) in [5.74, 6) is 0.606. The van der Waals surface area contributed by atoms with Crippen LogP contribution in [-0.4, -0.2) is 24.4 Å². The van der Waals surface area contributed by atoms with E-state index in [0.29, 0.717) is 11.5 Å². The van der Waals surface area contributed by atoms with Crippen LogP contribution in [0.1, 0.15) is 6.92 Å². The number of hydrogen-bond acceptors (Lipinski definition) is 4. The van der Waals surface area contributed by atoms with Crippen LogP contribution in [0.4, 0.5) is 0 Å². The van der Waals surface area contributed by atoms with E-state index in [9.17, 15) is 4.79 Å². The minimum atomic E-state index is -0.672. The van der Waals surface area contributed by atoms with Gasteiger partial charge in [-0.25, -0.2) is 4.79 Å². The first-order valence-corrected chi connectivity index (χ1v) is 3.85. The molecule has 4 heteroatoms. The molecular weight excluding hydrogens is 164 g/mol. The second-order valence-electron chi connectivity index (χ2n) is 2.52. The number of ether oxygens (including phenoxy) is 2. The topological polar surface area (TPSA) is 35.5 Å². The van der Waals surface area contributed by atoms with Gasteiger partial charge in [-0.05, 0) is 6.92 Å². The van der Waals surface area contributed by atoms with Gasteiger partial charge in [-0.3, -0.25) is 0 Å². The summed E-state index contributed by atoms with van der Waals surface area (Å²) in [5, 5.41) is 0. The van der Waals surface area contributed by atoms with E-state index in [1.807, 2.05) is 0 Å². The molecule has 62 valence electrons. The Morgan fingerprint density at radius 1 is 1.82 bits per heavy atom. The molecule has 3 nitrogen and oxygen atoms in total. The van der Waals surface area contributed by atoms with Crippen LogP contribution in [0.3, 0.4) is 0 Å². The number of thiol groups is 1. The lowest BCUT2D eigenvalue weighted by Gasteiger charge is -2.22. The van der Waals surface area contributed by atoms with Crippen LogP contribution in [0.15, 0.2) is 11.8 Å². The molecule has 0 aromatic heterocycles. The number of hydrogen-bond donors (Lipinski definition) is 1. The highest BCUT2D eigenvalue weighted by Crippen LogP contribution is 2.28. The van der Waals surface area contributed by atoms with Gasteiger partial charge >= 0.3 is 5.97 Å². The smallest absolute Gasteiger partial charge is 0.335 e. The second-order valence-corrected chi connectivity index (χ2v) is 2.84. The Hall–Kier alpha value is -0.640. The molecule has 0 bridgehead atoms. The Balaban J connectivity index is 2.86. The maximum Gasteiger partial charge on any atom is 0.335 e. The van der Waals surface area contributed by atoms with E-state index < -0.39 is 5.60 Å². The van der Waals surface area contributed by atoms with E-state index in [1.165, 1.54) is 13.2 Å². The van der Waals surface area contributed by atoms with E-state index in [2.05, 4.69) is 12.6 Å². The van der Waals surface area contributed by atoms with Gasteiger partial charge in [0, 0.05) is 5.75 Å².